The molecule has 4 nitrogen and oxygen atoms in total. The van der Waals surface area contributed by atoms with Gasteiger partial charge in [-0.2, -0.15) is 4.98 Å². The summed E-state index contributed by atoms with van der Waals surface area (Å²) in [7, 11) is 0. The minimum Gasteiger partial charge on any atom is -0.384 e. The quantitative estimate of drug-likeness (QED) is 0.865. The van der Waals surface area contributed by atoms with E-state index in [2.05, 4.69) is 10.1 Å². The van der Waals surface area contributed by atoms with Gasteiger partial charge in [0.2, 0.25) is 0 Å². The smallest absolute Gasteiger partial charge is 0.255 e. The van der Waals surface area contributed by atoms with Crippen molar-refractivity contribution in [3.63, 3.8) is 0 Å². The van der Waals surface area contributed by atoms with Gasteiger partial charge in [-0.15, -0.1) is 11.8 Å². The number of nitrogens with zero attached hydrogens (tertiary/aromatic N) is 2. The van der Waals surface area contributed by atoms with E-state index in [0.717, 1.165) is 4.90 Å². The van der Waals surface area contributed by atoms with Gasteiger partial charge in [0.1, 0.15) is 6.10 Å². The average Bonchev–Trinajstić information content (AvgIpc) is 2.77. The van der Waals surface area contributed by atoms with Crippen molar-refractivity contribution in [2.75, 3.05) is 0 Å². The van der Waals surface area contributed by atoms with E-state index in [0.29, 0.717) is 16.6 Å². The molecule has 1 aromatic carbocycles. The molecule has 0 radical (unpaired) electrons. The Kier molecular flexibility index (Phi) is 4.04. The Morgan fingerprint density at radius 1 is 1.47 bits per heavy atom. The van der Waals surface area contributed by atoms with Crippen molar-refractivity contribution >= 4 is 23.4 Å². The fraction of sp³-hybridized carbons (Fsp3) is 0.273. The lowest BCUT2D eigenvalue weighted by Gasteiger charge is -2.00. The fourth-order valence-electron chi connectivity index (χ4n) is 1.20. The Hall–Kier alpha value is -1.04. The van der Waals surface area contributed by atoms with E-state index in [-0.39, 0.29) is 5.89 Å². The van der Waals surface area contributed by atoms with Gasteiger partial charge in [-0.25, -0.2) is 0 Å². The van der Waals surface area contributed by atoms with Gasteiger partial charge in [0.05, 0.1) is 10.8 Å². The van der Waals surface area contributed by atoms with E-state index >= 15 is 0 Å². The van der Waals surface area contributed by atoms with Gasteiger partial charge in [-0.05, 0) is 19.1 Å². The van der Waals surface area contributed by atoms with Gasteiger partial charge < -0.3 is 9.63 Å². The molecule has 1 atom stereocenters. The maximum absolute atomic E-state index is 9.24. The third-order valence-corrected chi connectivity index (χ3v) is 3.55. The molecule has 0 saturated heterocycles. The molecule has 1 aromatic heterocycles. The summed E-state index contributed by atoms with van der Waals surface area (Å²) < 4.78 is 4.89. The maximum Gasteiger partial charge on any atom is 0.255 e. The van der Waals surface area contributed by atoms with E-state index in [1.807, 2.05) is 24.3 Å². The standard InChI is InChI=1S/C11H11ClN2O2S/c1-7(15)11-13-10(14-16-11)6-17-9-5-3-2-4-8(9)12/h2-5,7,15H,6H2,1H3. The normalized spacial score (nSPS) is 12.6. The summed E-state index contributed by atoms with van der Waals surface area (Å²) in [6.07, 6.45) is -0.735. The molecule has 2 aromatic rings. The molecule has 0 saturated carbocycles. The predicted octanol–water partition coefficient (Wildman–Crippen LogP) is 3.07. The van der Waals surface area contributed by atoms with E-state index in [4.69, 9.17) is 16.1 Å². The molecule has 0 aliphatic heterocycles. The first kappa shape index (κ1) is 12.4. The van der Waals surface area contributed by atoms with Crippen molar-refractivity contribution in [1.29, 1.82) is 0 Å². The lowest BCUT2D eigenvalue weighted by atomic mass is 10.4. The third-order valence-electron chi connectivity index (χ3n) is 2.03. The number of hydrogen-bond acceptors (Lipinski definition) is 5. The van der Waals surface area contributed by atoms with Crippen molar-refractivity contribution in [2.24, 2.45) is 0 Å². The first-order valence-electron chi connectivity index (χ1n) is 5.04. The van der Waals surface area contributed by atoms with Crippen molar-refractivity contribution in [2.45, 2.75) is 23.7 Å². The summed E-state index contributed by atoms with van der Waals surface area (Å²) in [5.74, 6) is 1.34. The van der Waals surface area contributed by atoms with Crippen LogP contribution in [0.3, 0.4) is 0 Å². The number of hydrogen-bond donors (Lipinski definition) is 1. The van der Waals surface area contributed by atoms with Gasteiger partial charge >= 0.3 is 0 Å². The number of thioether (sulfide) groups is 1. The molecule has 2 rings (SSSR count). The van der Waals surface area contributed by atoms with Crippen LogP contribution in [0.5, 0.6) is 0 Å². The molecule has 0 aliphatic rings. The van der Waals surface area contributed by atoms with Gasteiger partial charge in [0.15, 0.2) is 5.82 Å². The van der Waals surface area contributed by atoms with Crippen LogP contribution in [0.25, 0.3) is 0 Å². The second kappa shape index (κ2) is 5.53. The number of aliphatic hydroxyl groups is 1. The monoisotopic (exact) mass is 270 g/mol. The largest absolute Gasteiger partial charge is 0.384 e. The Labute approximate surface area is 108 Å². The van der Waals surface area contributed by atoms with E-state index in [9.17, 15) is 5.11 Å². The van der Waals surface area contributed by atoms with E-state index in [1.165, 1.54) is 11.8 Å². The highest BCUT2D eigenvalue weighted by Gasteiger charge is 2.11. The first-order chi connectivity index (χ1) is 8.16. The molecule has 1 unspecified atom stereocenters. The van der Waals surface area contributed by atoms with Crippen LogP contribution < -0.4 is 0 Å². The third kappa shape index (κ3) is 3.21. The summed E-state index contributed by atoms with van der Waals surface area (Å²) in [4.78, 5) is 5.03. The fourth-order valence-corrected chi connectivity index (χ4v) is 2.28. The van der Waals surface area contributed by atoms with Crippen molar-refractivity contribution in [3.8, 4) is 0 Å². The van der Waals surface area contributed by atoms with Crippen LogP contribution in [0, 0.1) is 0 Å². The van der Waals surface area contributed by atoms with Gasteiger partial charge in [-0.1, -0.05) is 28.9 Å². The van der Waals surface area contributed by atoms with Crippen molar-refractivity contribution in [3.05, 3.63) is 41.0 Å². The number of aliphatic hydroxyl groups excluding tert-OH is 1. The molecule has 1 heterocycles. The Bertz CT molecular complexity index is 502. The van der Waals surface area contributed by atoms with Crippen molar-refractivity contribution < 1.29 is 9.63 Å². The highest BCUT2D eigenvalue weighted by molar-refractivity contribution is 7.98. The van der Waals surface area contributed by atoms with E-state index in [1.54, 1.807) is 6.92 Å². The van der Waals surface area contributed by atoms with Crippen LogP contribution in [-0.4, -0.2) is 15.2 Å². The Morgan fingerprint density at radius 2 is 2.24 bits per heavy atom. The molecule has 1 N–H and O–H groups in total. The minimum absolute atomic E-state index is 0.236. The van der Waals surface area contributed by atoms with Crippen molar-refractivity contribution in [1.82, 2.24) is 10.1 Å². The molecule has 0 aliphatic carbocycles. The van der Waals surface area contributed by atoms with Gasteiger partial charge in [0, 0.05) is 4.90 Å². The van der Waals surface area contributed by atoms with Crippen LogP contribution in [0.15, 0.2) is 33.7 Å². The Balaban J connectivity index is 2.00. The van der Waals surface area contributed by atoms with Gasteiger partial charge in [0.25, 0.3) is 5.89 Å². The lowest BCUT2D eigenvalue weighted by molar-refractivity contribution is 0.151. The Morgan fingerprint density at radius 3 is 2.88 bits per heavy atom. The van der Waals surface area contributed by atoms with E-state index < -0.39 is 6.10 Å². The minimum atomic E-state index is -0.735. The van der Waals surface area contributed by atoms with Crippen LogP contribution in [0.1, 0.15) is 24.7 Å². The highest BCUT2D eigenvalue weighted by atomic mass is 35.5. The van der Waals surface area contributed by atoms with Crippen LogP contribution in [-0.2, 0) is 5.75 Å². The molecule has 17 heavy (non-hydrogen) atoms. The molecular weight excluding hydrogens is 260 g/mol. The first-order valence-corrected chi connectivity index (χ1v) is 6.41. The zero-order chi connectivity index (χ0) is 12.3. The summed E-state index contributed by atoms with van der Waals surface area (Å²) in [5.41, 5.74) is 0. The number of benzene rings is 1. The maximum atomic E-state index is 9.24. The lowest BCUT2D eigenvalue weighted by Crippen LogP contribution is -1.91. The molecular formula is C11H11ClN2O2S. The summed E-state index contributed by atoms with van der Waals surface area (Å²) in [6.45, 7) is 1.58. The molecule has 0 fully saturated rings. The molecule has 0 bridgehead atoms. The summed E-state index contributed by atoms with van der Waals surface area (Å²) in [5, 5.41) is 13.7. The van der Waals surface area contributed by atoms with Crippen LogP contribution >= 0.6 is 23.4 Å². The highest BCUT2D eigenvalue weighted by Crippen LogP contribution is 2.28. The predicted molar refractivity (Wildman–Crippen MR) is 65.9 cm³/mol. The molecule has 0 spiro atoms. The topological polar surface area (TPSA) is 59.2 Å². The van der Waals surface area contributed by atoms with Crippen LogP contribution in [0.2, 0.25) is 5.02 Å². The number of rotatable bonds is 4. The summed E-state index contributed by atoms with van der Waals surface area (Å²) >= 11 is 7.55. The number of aromatic nitrogens is 2. The second-order valence-electron chi connectivity index (χ2n) is 3.44. The molecule has 0 amide bonds. The zero-order valence-corrected chi connectivity index (χ0v) is 10.7. The molecule has 90 valence electrons. The average molecular weight is 271 g/mol. The second-order valence-corrected chi connectivity index (χ2v) is 4.87. The number of halogens is 1. The van der Waals surface area contributed by atoms with Crippen LogP contribution in [0.4, 0.5) is 0 Å². The SMILES string of the molecule is CC(O)c1nc(CSc2ccccc2Cl)no1. The zero-order valence-electron chi connectivity index (χ0n) is 9.13. The van der Waals surface area contributed by atoms with Gasteiger partial charge in [-0.3, -0.25) is 0 Å². The summed E-state index contributed by atoms with van der Waals surface area (Å²) in [6, 6.07) is 7.57. The molecule has 6 heteroatoms.